The average molecular weight is 487 g/mol. The normalized spacial score (nSPS) is 15.9. The van der Waals surface area contributed by atoms with Crippen molar-refractivity contribution in [2.75, 3.05) is 13.1 Å². The molecule has 3 N–H and O–H groups in total. The highest BCUT2D eigenvalue weighted by atomic mass is 16.5. The molecule has 0 saturated carbocycles. The van der Waals surface area contributed by atoms with Gasteiger partial charge in [0.1, 0.15) is 11.9 Å². The van der Waals surface area contributed by atoms with Crippen molar-refractivity contribution < 1.29 is 19.7 Å². The van der Waals surface area contributed by atoms with E-state index in [1.165, 1.54) is 0 Å². The molecule has 188 valence electrons. The van der Waals surface area contributed by atoms with Crippen molar-refractivity contribution in [3.8, 4) is 16.9 Å². The molecule has 3 aromatic rings. The maximum absolute atomic E-state index is 11.5. The number of carboxylic acid groups (broad SMARTS) is 1. The Morgan fingerprint density at radius 1 is 1.25 bits per heavy atom. The van der Waals surface area contributed by atoms with E-state index in [1.54, 1.807) is 24.5 Å². The van der Waals surface area contributed by atoms with E-state index in [4.69, 9.17) is 4.74 Å². The summed E-state index contributed by atoms with van der Waals surface area (Å²) in [6, 6.07) is 15.2. The molecule has 0 fully saturated rings. The van der Waals surface area contributed by atoms with Crippen LogP contribution < -0.4 is 10.1 Å². The predicted molar refractivity (Wildman–Crippen MR) is 142 cm³/mol. The molecule has 2 atom stereocenters. The second-order valence-electron chi connectivity index (χ2n) is 9.21. The molecule has 4 rings (SSSR count). The van der Waals surface area contributed by atoms with Crippen molar-refractivity contribution in [2.24, 2.45) is 0 Å². The van der Waals surface area contributed by atoms with Gasteiger partial charge in [0.15, 0.2) is 0 Å². The third-order valence-electron chi connectivity index (χ3n) is 6.50. The lowest BCUT2D eigenvalue weighted by atomic mass is 9.93. The van der Waals surface area contributed by atoms with Crippen LogP contribution in [0.15, 0.2) is 67.0 Å². The molecule has 1 aliphatic rings. The van der Waals surface area contributed by atoms with Crippen LogP contribution in [0.5, 0.6) is 5.75 Å². The standard InChI is InChI=1S/C30H34N2O4/c1-2-3-4-5-7-21-17-24(30(34)35)10-13-27(21)22-11-14-29-23(16-22)9-12-26(36-29)19-32-20-28(33)25-8-6-15-31-18-25/h5-8,10-11,13-18,26,28,32-33H,2-4,9,12,19-20H2,1H3,(H,34,35)/b7-5+/t26-,28+/m1/s1. The SMILES string of the molecule is CCCC/C=C/c1cc(C(=O)O)ccc1-c1ccc2c(c1)CC[C@H](CNC[C@H](O)c1cccnc1)O2. The van der Waals surface area contributed by atoms with Crippen molar-refractivity contribution in [1.29, 1.82) is 0 Å². The number of benzene rings is 2. The molecule has 0 saturated heterocycles. The number of allylic oxidation sites excluding steroid dienone is 1. The van der Waals surface area contributed by atoms with Gasteiger partial charge in [-0.2, -0.15) is 0 Å². The molecule has 0 unspecified atom stereocenters. The summed E-state index contributed by atoms with van der Waals surface area (Å²) in [5.41, 5.74) is 5.23. The molecule has 6 nitrogen and oxygen atoms in total. The van der Waals surface area contributed by atoms with Gasteiger partial charge in [-0.25, -0.2) is 4.79 Å². The number of aliphatic hydroxyl groups excluding tert-OH is 1. The highest BCUT2D eigenvalue weighted by Gasteiger charge is 2.21. The number of fused-ring (bicyclic) bond motifs is 1. The summed E-state index contributed by atoms with van der Waals surface area (Å²) in [6.07, 6.45) is 12.0. The molecule has 1 aromatic heterocycles. The fourth-order valence-corrected chi connectivity index (χ4v) is 4.46. The van der Waals surface area contributed by atoms with Crippen LogP contribution in [0.4, 0.5) is 0 Å². The fraction of sp³-hybridized carbons (Fsp3) is 0.333. The number of ether oxygens (including phenoxy) is 1. The molecule has 6 heteroatoms. The molecular weight excluding hydrogens is 452 g/mol. The van der Waals surface area contributed by atoms with Gasteiger partial charge in [0.2, 0.25) is 0 Å². The molecule has 2 aromatic carbocycles. The summed E-state index contributed by atoms with van der Waals surface area (Å²) in [5.74, 6) is -0.0389. The number of pyridine rings is 1. The fourth-order valence-electron chi connectivity index (χ4n) is 4.46. The van der Waals surface area contributed by atoms with E-state index in [0.29, 0.717) is 18.7 Å². The number of hydrogen-bond acceptors (Lipinski definition) is 5. The Bertz CT molecular complexity index is 1190. The number of nitrogens with one attached hydrogen (secondary N) is 1. The maximum Gasteiger partial charge on any atom is 0.335 e. The Balaban J connectivity index is 1.42. The first-order valence-corrected chi connectivity index (χ1v) is 12.7. The highest BCUT2D eigenvalue weighted by molar-refractivity contribution is 5.90. The third kappa shape index (κ3) is 6.59. The zero-order valence-electron chi connectivity index (χ0n) is 20.7. The number of aromatic nitrogens is 1. The molecule has 2 heterocycles. The minimum atomic E-state index is -0.920. The van der Waals surface area contributed by atoms with Gasteiger partial charge in [-0.05, 0) is 71.8 Å². The topological polar surface area (TPSA) is 91.7 Å². The highest BCUT2D eigenvalue weighted by Crippen LogP contribution is 2.34. The molecule has 0 bridgehead atoms. The van der Waals surface area contributed by atoms with Gasteiger partial charge in [0, 0.05) is 31.0 Å². The van der Waals surface area contributed by atoms with Gasteiger partial charge in [0.05, 0.1) is 11.7 Å². The number of carbonyl (C=O) groups is 1. The van der Waals surface area contributed by atoms with E-state index in [1.807, 2.05) is 36.4 Å². The first-order chi connectivity index (χ1) is 17.5. The van der Waals surface area contributed by atoms with E-state index >= 15 is 0 Å². The van der Waals surface area contributed by atoms with E-state index in [0.717, 1.165) is 65.7 Å². The van der Waals surface area contributed by atoms with Crippen molar-refractivity contribution in [2.45, 2.75) is 51.2 Å². The number of nitrogens with zero attached hydrogens (tertiary/aromatic N) is 1. The number of aromatic carboxylic acids is 1. The lowest BCUT2D eigenvalue weighted by Crippen LogP contribution is -2.36. The van der Waals surface area contributed by atoms with Gasteiger partial charge in [0.25, 0.3) is 0 Å². The lowest BCUT2D eigenvalue weighted by Gasteiger charge is -2.27. The zero-order valence-corrected chi connectivity index (χ0v) is 20.7. The van der Waals surface area contributed by atoms with Gasteiger partial charge in [-0.15, -0.1) is 0 Å². The summed E-state index contributed by atoms with van der Waals surface area (Å²) in [5, 5.41) is 23.1. The average Bonchev–Trinajstić information content (AvgIpc) is 2.91. The van der Waals surface area contributed by atoms with E-state index in [9.17, 15) is 15.0 Å². The number of aliphatic hydroxyl groups is 1. The number of unbranched alkanes of at least 4 members (excludes halogenated alkanes) is 2. The van der Waals surface area contributed by atoms with Crippen LogP contribution in [0, 0.1) is 0 Å². The van der Waals surface area contributed by atoms with Crippen LogP contribution in [0.2, 0.25) is 0 Å². The summed E-state index contributed by atoms with van der Waals surface area (Å²) < 4.78 is 6.23. The zero-order chi connectivity index (χ0) is 25.3. The van der Waals surface area contributed by atoms with Gasteiger partial charge >= 0.3 is 5.97 Å². The summed E-state index contributed by atoms with van der Waals surface area (Å²) in [4.78, 5) is 15.6. The minimum Gasteiger partial charge on any atom is -0.489 e. The summed E-state index contributed by atoms with van der Waals surface area (Å²) in [7, 11) is 0. The Hall–Kier alpha value is -3.48. The van der Waals surface area contributed by atoms with Crippen molar-refractivity contribution in [3.05, 3.63) is 89.3 Å². The summed E-state index contributed by atoms with van der Waals surface area (Å²) >= 11 is 0. The van der Waals surface area contributed by atoms with E-state index < -0.39 is 12.1 Å². The van der Waals surface area contributed by atoms with Crippen LogP contribution in [-0.4, -0.2) is 40.4 Å². The molecule has 0 radical (unpaired) electrons. The molecule has 1 aliphatic heterocycles. The smallest absolute Gasteiger partial charge is 0.335 e. The molecule has 0 spiro atoms. The molecule has 36 heavy (non-hydrogen) atoms. The first kappa shape index (κ1) is 25.6. The maximum atomic E-state index is 11.5. The second kappa shape index (κ2) is 12.5. The second-order valence-corrected chi connectivity index (χ2v) is 9.21. The Labute approximate surface area is 212 Å². The Kier molecular flexibility index (Phi) is 8.87. The van der Waals surface area contributed by atoms with Crippen molar-refractivity contribution in [3.63, 3.8) is 0 Å². The summed E-state index contributed by atoms with van der Waals surface area (Å²) in [6.45, 7) is 3.26. The van der Waals surface area contributed by atoms with Gasteiger partial charge in [-0.1, -0.05) is 50.1 Å². The van der Waals surface area contributed by atoms with Gasteiger partial charge in [-0.3, -0.25) is 4.98 Å². The van der Waals surface area contributed by atoms with Crippen LogP contribution >= 0.6 is 0 Å². The van der Waals surface area contributed by atoms with Crippen LogP contribution in [-0.2, 0) is 6.42 Å². The predicted octanol–water partition coefficient (Wildman–Crippen LogP) is 5.67. The van der Waals surface area contributed by atoms with Crippen LogP contribution in [0.25, 0.3) is 17.2 Å². The number of hydrogen-bond donors (Lipinski definition) is 3. The van der Waals surface area contributed by atoms with Crippen LogP contribution in [0.3, 0.4) is 0 Å². The molecule has 0 aliphatic carbocycles. The third-order valence-corrected chi connectivity index (χ3v) is 6.50. The quantitative estimate of drug-likeness (QED) is 0.303. The van der Waals surface area contributed by atoms with Gasteiger partial charge < -0.3 is 20.3 Å². The van der Waals surface area contributed by atoms with Crippen molar-refractivity contribution >= 4 is 12.0 Å². The largest absolute Gasteiger partial charge is 0.489 e. The molecular formula is C30H34N2O4. The monoisotopic (exact) mass is 486 g/mol. The number of carboxylic acids is 1. The Morgan fingerprint density at radius 3 is 2.92 bits per heavy atom. The van der Waals surface area contributed by atoms with E-state index in [2.05, 4.69) is 29.4 Å². The van der Waals surface area contributed by atoms with E-state index in [-0.39, 0.29) is 6.10 Å². The number of aryl methyl sites for hydroxylation is 1. The minimum absolute atomic E-state index is 0.0383. The van der Waals surface area contributed by atoms with Crippen molar-refractivity contribution in [1.82, 2.24) is 10.3 Å². The Morgan fingerprint density at radius 2 is 2.14 bits per heavy atom. The lowest BCUT2D eigenvalue weighted by molar-refractivity contribution is 0.0697. The van der Waals surface area contributed by atoms with Crippen LogP contribution in [0.1, 0.15) is 65.8 Å². The first-order valence-electron chi connectivity index (χ1n) is 12.7. The number of rotatable bonds is 11. The molecule has 0 amide bonds.